The molecule has 2 rings (SSSR count). The van der Waals surface area contributed by atoms with Crippen molar-refractivity contribution >= 4 is 12.3 Å². The zero-order valence-corrected chi connectivity index (χ0v) is 12.0. The highest BCUT2D eigenvalue weighted by molar-refractivity contribution is 5.89. The van der Waals surface area contributed by atoms with Crippen molar-refractivity contribution in [2.75, 3.05) is 7.11 Å². The summed E-state index contributed by atoms with van der Waals surface area (Å²) >= 11 is 0. The maximum absolute atomic E-state index is 11.5. The van der Waals surface area contributed by atoms with Crippen LogP contribution in [0.1, 0.15) is 33.5 Å². The van der Waals surface area contributed by atoms with Gasteiger partial charge in [-0.2, -0.15) is 0 Å². The highest BCUT2D eigenvalue weighted by atomic mass is 16.5. The number of ether oxygens (including phenoxy) is 1. The quantitative estimate of drug-likeness (QED) is 0.603. The van der Waals surface area contributed by atoms with Gasteiger partial charge >= 0.3 is 5.97 Å². The molecule has 0 fully saturated rings. The van der Waals surface area contributed by atoms with Gasteiger partial charge in [-0.05, 0) is 41.7 Å². The van der Waals surface area contributed by atoms with Crippen LogP contribution in [0.25, 0.3) is 0 Å². The van der Waals surface area contributed by atoms with Gasteiger partial charge in [-0.25, -0.2) is 4.79 Å². The highest BCUT2D eigenvalue weighted by Crippen LogP contribution is 2.14. The first-order chi connectivity index (χ1) is 10.2. The van der Waals surface area contributed by atoms with Gasteiger partial charge in [-0.3, -0.25) is 0 Å². The molecule has 0 N–H and O–H groups in total. The van der Waals surface area contributed by atoms with E-state index in [-0.39, 0.29) is 5.97 Å². The van der Waals surface area contributed by atoms with E-state index in [1.807, 2.05) is 30.3 Å². The van der Waals surface area contributed by atoms with Crippen molar-refractivity contribution in [2.24, 2.45) is 0 Å². The molecule has 0 spiro atoms. The molecule has 0 atom stereocenters. The number of methoxy groups -OCH3 is 1. The zero-order valence-electron chi connectivity index (χ0n) is 12.0. The molecule has 108 valence electrons. The van der Waals surface area contributed by atoms with Crippen molar-refractivity contribution < 1.29 is 14.3 Å². The van der Waals surface area contributed by atoms with Crippen LogP contribution in [0.4, 0.5) is 0 Å². The molecule has 0 heterocycles. The number of esters is 1. The van der Waals surface area contributed by atoms with Gasteiger partial charge in [0.2, 0.25) is 0 Å². The Morgan fingerprint density at radius 1 is 1.05 bits per heavy atom. The minimum Gasteiger partial charge on any atom is -0.465 e. The van der Waals surface area contributed by atoms with Crippen LogP contribution in [-0.2, 0) is 22.4 Å². The van der Waals surface area contributed by atoms with Crippen molar-refractivity contribution in [3.05, 3.63) is 70.8 Å². The second-order valence-corrected chi connectivity index (χ2v) is 4.89. The average Bonchev–Trinajstić information content (AvgIpc) is 2.53. The Bertz CT molecular complexity index is 632. The van der Waals surface area contributed by atoms with Crippen molar-refractivity contribution in [3.8, 4) is 0 Å². The van der Waals surface area contributed by atoms with Crippen LogP contribution in [0.3, 0.4) is 0 Å². The molecule has 0 aliphatic heterocycles. The Hall–Kier alpha value is -2.42. The molecule has 3 heteroatoms. The van der Waals surface area contributed by atoms with E-state index in [1.54, 1.807) is 6.07 Å². The van der Waals surface area contributed by atoms with Gasteiger partial charge in [0.25, 0.3) is 0 Å². The first-order valence-electron chi connectivity index (χ1n) is 6.91. The average molecular weight is 282 g/mol. The van der Waals surface area contributed by atoms with Crippen molar-refractivity contribution in [3.63, 3.8) is 0 Å². The minimum atomic E-state index is -0.323. The molecular formula is C18H18O3. The summed E-state index contributed by atoms with van der Waals surface area (Å²) in [5.74, 6) is -0.323. The topological polar surface area (TPSA) is 43.4 Å². The van der Waals surface area contributed by atoms with Gasteiger partial charge in [0.05, 0.1) is 12.7 Å². The van der Waals surface area contributed by atoms with Gasteiger partial charge < -0.3 is 9.53 Å². The lowest BCUT2D eigenvalue weighted by atomic mass is 10.00. The third-order valence-electron chi connectivity index (χ3n) is 3.30. The van der Waals surface area contributed by atoms with Gasteiger partial charge in [0.1, 0.15) is 6.29 Å². The normalized spacial score (nSPS) is 10.1. The highest BCUT2D eigenvalue weighted by Gasteiger charge is 2.06. The summed E-state index contributed by atoms with van der Waals surface area (Å²) in [6.07, 6.45) is 2.99. The molecule has 0 saturated heterocycles. The minimum absolute atomic E-state index is 0.323. The first-order valence-corrected chi connectivity index (χ1v) is 6.91. The van der Waals surface area contributed by atoms with Crippen LogP contribution < -0.4 is 0 Å². The summed E-state index contributed by atoms with van der Waals surface area (Å²) < 4.78 is 4.73. The van der Waals surface area contributed by atoms with E-state index in [0.717, 1.165) is 30.3 Å². The fourth-order valence-electron chi connectivity index (χ4n) is 2.28. The third-order valence-corrected chi connectivity index (χ3v) is 3.30. The smallest absolute Gasteiger partial charge is 0.337 e. The zero-order chi connectivity index (χ0) is 15.1. The first kappa shape index (κ1) is 15.0. The number of hydrogen-bond acceptors (Lipinski definition) is 3. The standard InChI is InChI=1S/C18H18O3/c1-21-18(20)17-9-3-7-16(13-17)12-15-6-2-5-14(11-15)8-4-10-19/h2-3,5-7,9-11,13H,4,8,12H2,1H3. The van der Waals surface area contributed by atoms with Crippen LogP contribution in [0.15, 0.2) is 48.5 Å². The lowest BCUT2D eigenvalue weighted by molar-refractivity contribution is -0.107. The Morgan fingerprint density at radius 2 is 1.71 bits per heavy atom. The number of carbonyl (C=O) groups excluding carboxylic acids is 2. The van der Waals surface area contributed by atoms with Gasteiger partial charge in [0.15, 0.2) is 0 Å². The van der Waals surface area contributed by atoms with E-state index < -0.39 is 0 Å². The summed E-state index contributed by atoms with van der Waals surface area (Å²) in [5.41, 5.74) is 3.95. The Labute approximate surface area is 124 Å². The van der Waals surface area contributed by atoms with E-state index in [0.29, 0.717) is 12.0 Å². The molecule has 0 amide bonds. The predicted molar refractivity (Wildman–Crippen MR) is 81.4 cm³/mol. The molecule has 2 aromatic carbocycles. The van der Waals surface area contributed by atoms with E-state index >= 15 is 0 Å². The number of hydrogen-bond donors (Lipinski definition) is 0. The predicted octanol–water partition coefficient (Wildman–Crippen LogP) is 3.20. The van der Waals surface area contributed by atoms with Crippen LogP contribution in [0, 0.1) is 0 Å². The Kier molecular flexibility index (Phi) is 5.27. The molecule has 0 bridgehead atoms. The number of benzene rings is 2. The Morgan fingerprint density at radius 3 is 2.43 bits per heavy atom. The second kappa shape index (κ2) is 7.39. The molecule has 0 aliphatic carbocycles. The number of carbonyl (C=O) groups is 2. The number of aryl methyl sites for hydroxylation is 1. The fraction of sp³-hybridized carbons (Fsp3) is 0.222. The van der Waals surface area contributed by atoms with Gasteiger partial charge in [-0.1, -0.05) is 36.4 Å². The SMILES string of the molecule is COC(=O)c1cccc(Cc2cccc(CCC=O)c2)c1. The van der Waals surface area contributed by atoms with E-state index in [2.05, 4.69) is 12.1 Å². The maximum Gasteiger partial charge on any atom is 0.337 e. The molecule has 21 heavy (non-hydrogen) atoms. The molecule has 0 radical (unpaired) electrons. The fourth-order valence-corrected chi connectivity index (χ4v) is 2.28. The summed E-state index contributed by atoms with van der Waals surface area (Å²) in [6.45, 7) is 0. The number of aldehydes is 1. The summed E-state index contributed by atoms with van der Waals surface area (Å²) in [7, 11) is 1.38. The van der Waals surface area contributed by atoms with Crippen molar-refractivity contribution in [1.82, 2.24) is 0 Å². The molecule has 2 aromatic rings. The van der Waals surface area contributed by atoms with Gasteiger partial charge in [-0.15, -0.1) is 0 Å². The van der Waals surface area contributed by atoms with Crippen LogP contribution >= 0.6 is 0 Å². The monoisotopic (exact) mass is 282 g/mol. The molecule has 0 aliphatic rings. The molecule has 3 nitrogen and oxygen atoms in total. The molecular weight excluding hydrogens is 264 g/mol. The van der Waals surface area contributed by atoms with Crippen LogP contribution in [-0.4, -0.2) is 19.4 Å². The lowest BCUT2D eigenvalue weighted by Gasteiger charge is -2.06. The van der Waals surface area contributed by atoms with Crippen molar-refractivity contribution in [2.45, 2.75) is 19.3 Å². The largest absolute Gasteiger partial charge is 0.465 e. The summed E-state index contributed by atoms with van der Waals surface area (Å²) in [4.78, 5) is 22.0. The van der Waals surface area contributed by atoms with E-state index in [4.69, 9.17) is 4.74 Å². The Balaban J connectivity index is 2.14. The van der Waals surface area contributed by atoms with E-state index in [1.165, 1.54) is 12.7 Å². The number of rotatable bonds is 6. The third kappa shape index (κ3) is 4.28. The summed E-state index contributed by atoms with van der Waals surface area (Å²) in [6, 6.07) is 15.6. The van der Waals surface area contributed by atoms with Crippen LogP contribution in [0.2, 0.25) is 0 Å². The van der Waals surface area contributed by atoms with E-state index in [9.17, 15) is 9.59 Å². The van der Waals surface area contributed by atoms with Gasteiger partial charge in [0, 0.05) is 6.42 Å². The van der Waals surface area contributed by atoms with Crippen LogP contribution in [0.5, 0.6) is 0 Å². The second-order valence-electron chi connectivity index (χ2n) is 4.89. The maximum atomic E-state index is 11.5. The lowest BCUT2D eigenvalue weighted by Crippen LogP contribution is -2.02. The summed E-state index contributed by atoms with van der Waals surface area (Å²) in [5, 5.41) is 0. The molecule has 0 unspecified atom stereocenters. The van der Waals surface area contributed by atoms with Crippen molar-refractivity contribution in [1.29, 1.82) is 0 Å². The molecule has 0 saturated carbocycles. The molecule has 0 aromatic heterocycles.